The first-order valence-corrected chi connectivity index (χ1v) is 23.3. The van der Waals surface area contributed by atoms with Crippen LogP contribution in [0.4, 0.5) is 17.1 Å². The third kappa shape index (κ3) is 3.61. The van der Waals surface area contributed by atoms with Crippen molar-refractivity contribution in [2.45, 2.75) is 20.6 Å². The summed E-state index contributed by atoms with van der Waals surface area (Å²) < 4.78 is 52.3. The van der Waals surface area contributed by atoms with Gasteiger partial charge >= 0.3 is 0 Å². The first-order valence-electron chi connectivity index (χ1n) is 17.9. The second-order valence-corrected chi connectivity index (χ2v) is 25.1. The average Bonchev–Trinajstić information content (AvgIpc) is 3.13. The van der Waals surface area contributed by atoms with Gasteiger partial charge in [0.1, 0.15) is 0 Å². The van der Waals surface area contributed by atoms with E-state index in [-0.39, 0.29) is 11.1 Å². The van der Waals surface area contributed by atoms with Crippen LogP contribution in [0.2, 0.25) is 0 Å². The lowest BCUT2D eigenvalue weighted by Crippen LogP contribution is -2.53. The molecule has 0 aliphatic carbocycles. The Labute approximate surface area is 294 Å². The number of hydrogen-bond acceptors (Lipinski definition) is 4. The minimum Gasteiger partial charge on any atom is -0.306 e. The van der Waals surface area contributed by atoms with Crippen LogP contribution in [0, 0.1) is 20.6 Å². The molecule has 0 aromatic heterocycles. The summed E-state index contributed by atoms with van der Waals surface area (Å²) in [5.41, 5.74) is 3.93. The van der Waals surface area contributed by atoms with Crippen LogP contribution in [0.15, 0.2) is 127 Å². The summed E-state index contributed by atoms with van der Waals surface area (Å²) in [7, 11) is 0. The highest BCUT2D eigenvalue weighted by atomic mass is 32.4. The van der Waals surface area contributed by atoms with Gasteiger partial charge in [0, 0.05) is 58.2 Å². The molecule has 3 heterocycles. The Morgan fingerprint density at radius 3 is 0.957 bits per heavy atom. The Morgan fingerprint density at radius 2 is 0.696 bits per heavy atom. The van der Waals surface area contributed by atoms with Gasteiger partial charge in [0.25, 0.3) is 0 Å². The van der Waals surface area contributed by atoms with Gasteiger partial charge in [0.2, 0.25) is 0 Å². The fourth-order valence-corrected chi connectivity index (χ4v) is 20.8. The minimum absolute atomic E-state index is 0.176. The lowest BCUT2D eigenvalue weighted by atomic mass is 10.1. The monoisotopic (exact) mass is 707 g/mol. The van der Waals surface area contributed by atoms with Crippen LogP contribution in [0.25, 0.3) is 0 Å². The number of hydrogen-bond donors (Lipinski definition) is 0. The van der Waals surface area contributed by atoms with E-state index in [4.69, 9.17) is 43.6 Å². The van der Waals surface area contributed by atoms with Crippen molar-refractivity contribution in [2.75, 3.05) is 4.90 Å². The molecule has 0 saturated heterocycles. The number of benzene rings is 6. The van der Waals surface area contributed by atoms with Gasteiger partial charge < -0.3 is 4.90 Å². The van der Waals surface area contributed by atoms with E-state index in [0.717, 1.165) is 70.4 Å². The maximum atomic E-state index is 8.72. The van der Waals surface area contributed by atoms with Crippen LogP contribution in [-0.4, -0.2) is 0 Å². The molecule has 3 aliphatic rings. The van der Waals surface area contributed by atoms with E-state index in [1.165, 1.54) is 0 Å². The van der Waals surface area contributed by atoms with Crippen molar-refractivity contribution in [1.29, 1.82) is 0 Å². The minimum atomic E-state index is -3.16. The topological polar surface area (TPSA) is 3.24 Å². The van der Waals surface area contributed by atoms with Crippen molar-refractivity contribution < 1.29 is 8.22 Å². The molecule has 6 aromatic carbocycles. The zero-order chi connectivity index (χ0) is 36.6. The number of aryl methyl sites for hydroxylation is 3. The first-order chi connectivity index (χ1) is 24.6. The van der Waals surface area contributed by atoms with Crippen LogP contribution in [0.3, 0.4) is 0 Å². The van der Waals surface area contributed by atoms with E-state index in [9.17, 15) is 0 Å². The van der Waals surface area contributed by atoms with E-state index in [2.05, 4.69) is 48.2 Å². The normalized spacial score (nSPS) is 25.6. The lowest BCUT2D eigenvalue weighted by molar-refractivity contribution is 1.31. The summed E-state index contributed by atoms with van der Waals surface area (Å²) in [6, 6.07) is 32.4. The van der Waals surface area contributed by atoms with E-state index in [0.29, 0.717) is 0 Å². The van der Waals surface area contributed by atoms with Gasteiger partial charge in [0.05, 0.1) is 17.1 Å². The Bertz CT molecular complexity index is 2500. The molecule has 2 unspecified atom stereocenters. The molecule has 0 bridgehead atoms. The van der Waals surface area contributed by atoms with E-state index in [1.54, 1.807) is 12.1 Å². The molecule has 0 spiro atoms. The highest BCUT2D eigenvalue weighted by Crippen LogP contribution is 2.65. The van der Waals surface area contributed by atoms with Crippen molar-refractivity contribution in [1.82, 2.24) is 0 Å². The maximum absolute atomic E-state index is 8.72. The van der Waals surface area contributed by atoms with Gasteiger partial charge in [-0.05, 0) is 89.6 Å². The molecule has 0 amide bonds. The molecule has 9 rings (SSSR count). The quantitative estimate of drug-likeness (QED) is 0.199. The zero-order valence-electron chi connectivity index (χ0n) is 30.6. The predicted molar refractivity (Wildman–Crippen MR) is 214 cm³/mol. The number of rotatable bonds is 3. The second-order valence-electron chi connectivity index (χ2n) is 12.0. The van der Waals surface area contributed by atoms with Crippen LogP contribution in [-0.2, 0) is 35.4 Å². The third-order valence-corrected chi connectivity index (χ3v) is 24.0. The van der Waals surface area contributed by atoms with Crippen molar-refractivity contribution in [3.05, 3.63) is 144 Å². The van der Waals surface area contributed by atoms with Crippen LogP contribution in [0.5, 0.6) is 0 Å². The zero-order valence-corrected chi connectivity index (χ0v) is 29.8. The Balaban J connectivity index is 1.59. The van der Waals surface area contributed by atoms with Gasteiger partial charge in [-0.15, -0.1) is 0 Å². The van der Waals surface area contributed by atoms with Crippen molar-refractivity contribution in [3.8, 4) is 0 Å². The molecule has 0 N–H and O–H groups in total. The summed E-state index contributed by atoms with van der Waals surface area (Å²) in [5.74, 6) is 0. The summed E-state index contributed by atoms with van der Waals surface area (Å²) in [4.78, 5) is 2.25. The molecular weight excluding hydrogens is 672 g/mol. The summed E-state index contributed by atoms with van der Waals surface area (Å²) >= 11 is 21.2. The Kier molecular flexibility index (Phi) is 5.11. The first kappa shape index (κ1) is 23.4. The van der Waals surface area contributed by atoms with E-state index in [1.807, 2.05) is 78.9 Å². The fraction of sp³-hybridized carbons (Fsp3) is 0.0769. The maximum Gasteiger partial charge on any atom is 0.0644 e. The molecule has 0 saturated carbocycles. The standard InChI is InChI=1S/C39H30NP3S3/c1-25-19-31-37-32(20-25)42(45,29-15-9-5-10-16-29)34-22-27(3)24-36-39(34)40(37)38-33(41(31,44)28-13-7-4-8-14-28)21-26(2)23-35(38)43(36,46)30-17-11-6-12-18-30/h4-24H,1-3H3/i1D3,2D3. The SMILES string of the molecule is [2H]C([2H])([2H])c1cc2c3c(c1)P(=S)(c1ccccc1)c1cc(C([2H])([2H])[2H])cc4c1N3c1c(cc(C)cc1P4(=S)c1ccccc1)P2(=S)c1ccccc1. The third-order valence-electron chi connectivity index (χ3n) is 9.42. The predicted octanol–water partition coefficient (Wildman–Crippen LogP) is 6.29. The number of anilines is 3. The highest BCUT2D eigenvalue weighted by molar-refractivity contribution is 8.28. The van der Waals surface area contributed by atoms with Gasteiger partial charge in [-0.2, -0.15) is 0 Å². The van der Waals surface area contributed by atoms with Crippen LogP contribution in [0.1, 0.15) is 24.9 Å². The van der Waals surface area contributed by atoms with Gasteiger partial charge in [0.15, 0.2) is 0 Å². The van der Waals surface area contributed by atoms with Gasteiger partial charge in [-0.3, -0.25) is 0 Å². The lowest BCUT2D eigenvalue weighted by Gasteiger charge is -2.52. The van der Waals surface area contributed by atoms with Crippen molar-refractivity contribution in [2.24, 2.45) is 0 Å². The second kappa shape index (κ2) is 10.0. The molecule has 6 aromatic rings. The molecule has 7 heteroatoms. The highest BCUT2D eigenvalue weighted by Gasteiger charge is 2.52. The average molecular weight is 708 g/mol. The fourth-order valence-electron chi connectivity index (χ4n) is 7.55. The molecule has 0 radical (unpaired) electrons. The number of nitrogens with zero attached hydrogens (tertiary/aromatic N) is 1. The molecule has 1 nitrogen and oxygen atoms in total. The van der Waals surface area contributed by atoms with Crippen LogP contribution < -0.4 is 52.6 Å². The van der Waals surface area contributed by atoms with Crippen molar-refractivity contribution >= 4 is 118 Å². The summed E-state index contributed by atoms with van der Waals surface area (Å²) in [6.45, 7) is -2.86. The molecule has 46 heavy (non-hydrogen) atoms. The van der Waals surface area contributed by atoms with Crippen molar-refractivity contribution in [3.63, 3.8) is 0 Å². The Morgan fingerprint density at radius 1 is 0.435 bits per heavy atom. The van der Waals surface area contributed by atoms with Gasteiger partial charge in [-0.25, -0.2) is 0 Å². The molecule has 224 valence electrons. The van der Waals surface area contributed by atoms with Gasteiger partial charge in [-0.1, -0.05) is 126 Å². The summed E-state index contributed by atoms with van der Waals surface area (Å²) in [6.07, 6.45) is 0. The molecule has 2 atom stereocenters. The summed E-state index contributed by atoms with van der Waals surface area (Å²) in [5, 5.41) is 7.70. The Hall–Kier alpha value is -2.93. The smallest absolute Gasteiger partial charge is 0.0644 e. The largest absolute Gasteiger partial charge is 0.306 e. The van der Waals surface area contributed by atoms with E-state index >= 15 is 0 Å². The molecule has 3 aliphatic heterocycles. The van der Waals surface area contributed by atoms with E-state index < -0.39 is 31.8 Å². The molecule has 0 fully saturated rings. The van der Waals surface area contributed by atoms with Crippen LogP contribution >= 0.6 is 18.1 Å². The molecular formula is C39H30NP3S3.